The summed E-state index contributed by atoms with van der Waals surface area (Å²) in [5, 5.41) is 10.6. The first-order valence-electron chi connectivity index (χ1n) is 5.26. The maximum atomic E-state index is 13.6. The van der Waals surface area contributed by atoms with Crippen LogP contribution in [0.1, 0.15) is 18.9 Å². The summed E-state index contributed by atoms with van der Waals surface area (Å²) in [4.78, 5) is 0. The third-order valence-corrected chi connectivity index (χ3v) is 4.51. The minimum Gasteiger partial charge on any atom is -0.494 e. The van der Waals surface area contributed by atoms with Crippen molar-refractivity contribution in [2.75, 3.05) is 12.9 Å². The topological polar surface area (TPSA) is 29.5 Å². The van der Waals surface area contributed by atoms with Crippen LogP contribution in [-0.2, 0) is 5.60 Å². The Hall–Kier alpha value is -0.740. The van der Waals surface area contributed by atoms with E-state index in [9.17, 15) is 9.50 Å². The second-order valence-electron chi connectivity index (χ2n) is 4.04. The summed E-state index contributed by atoms with van der Waals surface area (Å²) in [6.45, 7) is 1.97. The summed E-state index contributed by atoms with van der Waals surface area (Å²) < 4.78 is 18.4. The van der Waals surface area contributed by atoms with Gasteiger partial charge < -0.3 is 9.84 Å². The molecule has 1 N–H and O–H groups in total. The Labute approximate surface area is 98.8 Å². The van der Waals surface area contributed by atoms with E-state index in [0.717, 1.165) is 5.75 Å². The largest absolute Gasteiger partial charge is 0.494 e. The Morgan fingerprint density at radius 1 is 1.56 bits per heavy atom. The van der Waals surface area contributed by atoms with Gasteiger partial charge in [0.1, 0.15) is 5.60 Å². The SMILES string of the molecule is COc1ccc(C2(O)CCSC2C)cc1F. The van der Waals surface area contributed by atoms with Gasteiger partial charge in [-0.2, -0.15) is 11.8 Å². The molecule has 1 aromatic rings. The van der Waals surface area contributed by atoms with Crippen LogP contribution in [0.3, 0.4) is 0 Å². The third-order valence-electron chi connectivity index (χ3n) is 3.18. The lowest BCUT2D eigenvalue weighted by atomic mass is 9.88. The van der Waals surface area contributed by atoms with Gasteiger partial charge in [0.05, 0.1) is 7.11 Å². The fourth-order valence-corrected chi connectivity index (χ4v) is 3.36. The number of benzene rings is 1. The average Bonchev–Trinajstić information content (AvgIpc) is 2.60. The second-order valence-corrected chi connectivity index (χ2v) is 5.49. The van der Waals surface area contributed by atoms with Crippen molar-refractivity contribution in [1.82, 2.24) is 0 Å². The highest BCUT2D eigenvalue weighted by atomic mass is 32.2. The van der Waals surface area contributed by atoms with E-state index in [-0.39, 0.29) is 11.0 Å². The zero-order valence-electron chi connectivity index (χ0n) is 9.37. The van der Waals surface area contributed by atoms with E-state index in [1.54, 1.807) is 23.9 Å². The molecule has 88 valence electrons. The molecule has 1 aromatic carbocycles. The predicted molar refractivity (Wildman–Crippen MR) is 63.4 cm³/mol. The van der Waals surface area contributed by atoms with Gasteiger partial charge in [-0.3, -0.25) is 0 Å². The fraction of sp³-hybridized carbons (Fsp3) is 0.500. The van der Waals surface area contributed by atoms with E-state index < -0.39 is 11.4 Å². The zero-order chi connectivity index (χ0) is 11.8. The van der Waals surface area contributed by atoms with E-state index in [4.69, 9.17) is 4.74 Å². The molecular weight excluding hydrogens is 227 g/mol. The Bertz CT molecular complexity index is 397. The number of aliphatic hydroxyl groups is 1. The van der Waals surface area contributed by atoms with E-state index >= 15 is 0 Å². The number of hydrogen-bond donors (Lipinski definition) is 1. The molecule has 2 unspecified atom stereocenters. The third kappa shape index (κ3) is 1.80. The highest BCUT2D eigenvalue weighted by Gasteiger charge is 2.40. The van der Waals surface area contributed by atoms with E-state index in [1.165, 1.54) is 13.2 Å². The van der Waals surface area contributed by atoms with Gasteiger partial charge in [-0.05, 0) is 29.9 Å². The average molecular weight is 242 g/mol. The summed E-state index contributed by atoms with van der Waals surface area (Å²) >= 11 is 1.71. The molecule has 1 heterocycles. The molecule has 0 radical (unpaired) electrons. The van der Waals surface area contributed by atoms with Gasteiger partial charge in [-0.15, -0.1) is 0 Å². The highest BCUT2D eigenvalue weighted by Crippen LogP contribution is 2.43. The van der Waals surface area contributed by atoms with Crippen LogP contribution in [0, 0.1) is 5.82 Å². The summed E-state index contributed by atoms with van der Waals surface area (Å²) in [7, 11) is 1.43. The van der Waals surface area contributed by atoms with Crippen molar-refractivity contribution in [3.05, 3.63) is 29.6 Å². The van der Waals surface area contributed by atoms with Crippen LogP contribution in [-0.4, -0.2) is 23.2 Å². The summed E-state index contributed by atoms with van der Waals surface area (Å²) in [6.07, 6.45) is 0.671. The van der Waals surface area contributed by atoms with Crippen LogP contribution in [0.5, 0.6) is 5.75 Å². The quantitative estimate of drug-likeness (QED) is 0.864. The number of ether oxygens (including phenoxy) is 1. The van der Waals surface area contributed by atoms with Crippen LogP contribution in [0.15, 0.2) is 18.2 Å². The van der Waals surface area contributed by atoms with Crippen molar-refractivity contribution >= 4 is 11.8 Å². The molecule has 4 heteroatoms. The lowest BCUT2D eigenvalue weighted by Gasteiger charge is -2.27. The molecule has 2 nitrogen and oxygen atoms in total. The Kier molecular flexibility index (Phi) is 3.13. The molecule has 16 heavy (non-hydrogen) atoms. The van der Waals surface area contributed by atoms with Crippen molar-refractivity contribution in [3.8, 4) is 5.75 Å². The molecule has 2 atom stereocenters. The molecule has 1 aliphatic heterocycles. The number of methoxy groups -OCH3 is 1. The van der Waals surface area contributed by atoms with Crippen LogP contribution in [0.2, 0.25) is 0 Å². The summed E-state index contributed by atoms with van der Waals surface area (Å²) in [5.74, 6) is 0.703. The van der Waals surface area contributed by atoms with Gasteiger partial charge in [-0.25, -0.2) is 4.39 Å². The lowest BCUT2D eigenvalue weighted by molar-refractivity contribution is 0.0423. The molecule has 1 aliphatic rings. The molecule has 0 saturated carbocycles. The van der Waals surface area contributed by atoms with Crippen LogP contribution in [0.4, 0.5) is 4.39 Å². The van der Waals surface area contributed by atoms with Gasteiger partial charge in [-0.1, -0.05) is 13.0 Å². The smallest absolute Gasteiger partial charge is 0.165 e. The second kappa shape index (κ2) is 4.26. The molecule has 0 spiro atoms. The predicted octanol–water partition coefficient (Wildman–Crippen LogP) is 2.55. The fourth-order valence-electron chi connectivity index (χ4n) is 2.05. The van der Waals surface area contributed by atoms with Gasteiger partial charge in [0.25, 0.3) is 0 Å². The number of rotatable bonds is 2. The van der Waals surface area contributed by atoms with Gasteiger partial charge in [0.2, 0.25) is 0 Å². The van der Waals surface area contributed by atoms with Crippen molar-refractivity contribution in [3.63, 3.8) is 0 Å². The van der Waals surface area contributed by atoms with Crippen molar-refractivity contribution in [2.24, 2.45) is 0 Å². The van der Waals surface area contributed by atoms with Crippen molar-refractivity contribution in [1.29, 1.82) is 0 Å². The normalized spacial score (nSPS) is 29.4. The van der Waals surface area contributed by atoms with Gasteiger partial charge >= 0.3 is 0 Å². The zero-order valence-corrected chi connectivity index (χ0v) is 10.2. The monoisotopic (exact) mass is 242 g/mol. The summed E-state index contributed by atoms with van der Waals surface area (Å²) in [5.41, 5.74) is -0.263. The molecular formula is C12H15FO2S. The van der Waals surface area contributed by atoms with E-state index in [0.29, 0.717) is 12.0 Å². The maximum Gasteiger partial charge on any atom is 0.165 e. The Balaban J connectivity index is 2.37. The number of hydrogen-bond acceptors (Lipinski definition) is 3. The van der Waals surface area contributed by atoms with Crippen molar-refractivity contribution < 1.29 is 14.2 Å². The summed E-state index contributed by atoms with van der Waals surface area (Å²) in [6, 6.07) is 4.68. The van der Waals surface area contributed by atoms with Crippen molar-refractivity contribution in [2.45, 2.75) is 24.2 Å². The standard InChI is InChI=1S/C12H15FO2S/c1-8-12(14,5-6-16-8)9-3-4-11(15-2)10(13)7-9/h3-4,7-8,14H,5-6H2,1-2H3. The van der Waals surface area contributed by atoms with Crippen LogP contribution < -0.4 is 4.74 Å². The molecule has 0 aliphatic carbocycles. The first-order valence-corrected chi connectivity index (χ1v) is 6.31. The van der Waals surface area contributed by atoms with Gasteiger partial charge in [0, 0.05) is 5.25 Å². The molecule has 0 amide bonds. The molecule has 1 saturated heterocycles. The van der Waals surface area contributed by atoms with E-state index in [1.807, 2.05) is 6.92 Å². The molecule has 2 rings (SSSR count). The minimum atomic E-state index is -0.905. The minimum absolute atomic E-state index is 0.0975. The molecule has 0 aromatic heterocycles. The first kappa shape index (κ1) is 11.7. The number of thioether (sulfide) groups is 1. The highest BCUT2D eigenvalue weighted by molar-refractivity contribution is 8.00. The first-order chi connectivity index (χ1) is 7.58. The molecule has 0 bridgehead atoms. The van der Waals surface area contributed by atoms with Crippen LogP contribution >= 0.6 is 11.8 Å². The van der Waals surface area contributed by atoms with E-state index in [2.05, 4.69) is 0 Å². The lowest BCUT2D eigenvalue weighted by Crippen LogP contribution is -2.31. The number of halogens is 1. The Morgan fingerprint density at radius 3 is 2.81 bits per heavy atom. The van der Waals surface area contributed by atoms with Gasteiger partial charge in [0.15, 0.2) is 11.6 Å². The van der Waals surface area contributed by atoms with Crippen LogP contribution in [0.25, 0.3) is 0 Å². The Morgan fingerprint density at radius 2 is 2.31 bits per heavy atom. The molecule has 1 fully saturated rings. The maximum absolute atomic E-state index is 13.6.